The molecule has 0 radical (unpaired) electrons. The Morgan fingerprint density at radius 2 is 1.97 bits per heavy atom. The summed E-state index contributed by atoms with van der Waals surface area (Å²) in [5, 5.41) is 9.63. The number of hydrogen-bond acceptors (Lipinski definition) is 4. The van der Waals surface area contributed by atoms with Crippen LogP contribution in [0.5, 0.6) is 5.75 Å². The van der Waals surface area contributed by atoms with Crippen molar-refractivity contribution in [2.75, 3.05) is 25.1 Å². The Kier molecular flexibility index (Phi) is 9.25. The van der Waals surface area contributed by atoms with E-state index in [-0.39, 0.29) is 29.0 Å². The highest BCUT2D eigenvalue weighted by Crippen LogP contribution is 2.35. The zero-order valence-corrected chi connectivity index (χ0v) is 16.2. The summed E-state index contributed by atoms with van der Waals surface area (Å²) in [4.78, 5) is 17.1. The number of pyridine rings is 1. The lowest BCUT2D eigenvalue weighted by Gasteiger charge is -2.16. The van der Waals surface area contributed by atoms with Crippen LogP contribution in [0.4, 0.5) is 23.8 Å². The van der Waals surface area contributed by atoms with Gasteiger partial charge in [-0.3, -0.25) is 4.90 Å². The number of nitrogens with one attached hydrogen (secondary N) is 1. The van der Waals surface area contributed by atoms with Gasteiger partial charge in [0.15, 0.2) is 0 Å². The number of aliphatic hydroxyl groups excluding tert-OH is 1. The molecule has 29 heavy (non-hydrogen) atoms. The molecule has 2 heterocycles. The van der Waals surface area contributed by atoms with E-state index in [1.807, 2.05) is 0 Å². The molecule has 10 heteroatoms. The third kappa shape index (κ3) is 6.27. The van der Waals surface area contributed by atoms with Crippen LogP contribution in [0.1, 0.15) is 11.1 Å². The van der Waals surface area contributed by atoms with E-state index in [1.165, 1.54) is 29.3 Å². The van der Waals surface area contributed by atoms with Crippen molar-refractivity contribution in [2.45, 2.75) is 12.8 Å². The number of aliphatic hydroxyl groups is 1. The Morgan fingerprint density at radius 1 is 1.28 bits per heavy atom. The second-order valence-electron chi connectivity index (χ2n) is 5.29. The van der Waals surface area contributed by atoms with Crippen LogP contribution in [0, 0.1) is 12.8 Å². The first-order chi connectivity index (χ1) is 13.9. The number of nitrogens with zero attached hydrogens (tertiary/aromatic N) is 2. The van der Waals surface area contributed by atoms with Gasteiger partial charge in [0.25, 0.3) is 0 Å². The summed E-state index contributed by atoms with van der Waals surface area (Å²) in [6.45, 7) is 0.686. The Morgan fingerprint density at radius 3 is 2.48 bits per heavy atom. The maximum absolute atomic E-state index is 13.0. The van der Waals surface area contributed by atoms with Gasteiger partial charge in [0.05, 0.1) is 11.8 Å². The molecule has 1 aromatic heterocycles. The van der Waals surface area contributed by atoms with E-state index in [1.54, 1.807) is 6.07 Å². The second-order valence-corrected chi connectivity index (χ2v) is 5.70. The van der Waals surface area contributed by atoms with Crippen molar-refractivity contribution in [1.82, 2.24) is 10.3 Å². The number of rotatable bonds is 4. The van der Waals surface area contributed by atoms with Crippen LogP contribution < -0.4 is 15.0 Å². The monoisotopic (exact) mass is 429 g/mol. The van der Waals surface area contributed by atoms with Gasteiger partial charge in [-0.1, -0.05) is 17.7 Å². The predicted octanol–water partition coefficient (Wildman–Crippen LogP) is 3.72. The van der Waals surface area contributed by atoms with Crippen molar-refractivity contribution in [2.24, 2.45) is 0 Å². The summed E-state index contributed by atoms with van der Waals surface area (Å²) in [6, 6.07) is 6.44. The van der Waals surface area contributed by atoms with E-state index in [9.17, 15) is 18.0 Å². The average molecular weight is 430 g/mol. The predicted molar refractivity (Wildman–Crippen MR) is 104 cm³/mol. The van der Waals surface area contributed by atoms with Gasteiger partial charge in [-0.15, -0.1) is 12.8 Å². The van der Waals surface area contributed by atoms with Crippen molar-refractivity contribution in [1.29, 1.82) is 0 Å². The third-order valence-electron chi connectivity index (χ3n) is 3.66. The standard InChI is InChI=1S/C16H13ClF3N3O2.C2H2.CH4O/c17-13-3-1-2-12(16(18,19)20)11(13)9-25-10-4-5-14(22-8-10)23-7-6-21-15(23)24;2*1-2/h1-5,8H,6-7,9H2,(H,21,24);1-2H;2H,1H3. The van der Waals surface area contributed by atoms with E-state index in [0.717, 1.165) is 13.2 Å². The minimum absolute atomic E-state index is 0.0202. The molecule has 0 unspecified atom stereocenters. The van der Waals surface area contributed by atoms with Crippen LogP contribution >= 0.6 is 11.6 Å². The zero-order valence-electron chi connectivity index (χ0n) is 15.4. The van der Waals surface area contributed by atoms with Crippen LogP contribution in [0.2, 0.25) is 5.02 Å². The summed E-state index contributed by atoms with van der Waals surface area (Å²) < 4.78 is 44.5. The molecule has 2 N–H and O–H groups in total. The molecule has 0 atom stereocenters. The molecule has 156 valence electrons. The van der Waals surface area contributed by atoms with E-state index >= 15 is 0 Å². The van der Waals surface area contributed by atoms with Gasteiger partial charge < -0.3 is 15.2 Å². The first-order valence-electron chi connectivity index (χ1n) is 8.13. The Hall–Kier alpha value is -2.96. The minimum atomic E-state index is -4.52. The van der Waals surface area contributed by atoms with Crippen molar-refractivity contribution in [3.63, 3.8) is 0 Å². The lowest BCUT2D eigenvalue weighted by atomic mass is 10.1. The second kappa shape index (κ2) is 11.1. The smallest absolute Gasteiger partial charge is 0.416 e. The zero-order chi connectivity index (χ0) is 22.0. The largest absolute Gasteiger partial charge is 0.487 e. The van der Waals surface area contributed by atoms with E-state index < -0.39 is 11.7 Å². The number of halogens is 4. The molecular formula is C19H19ClF3N3O3. The summed E-state index contributed by atoms with van der Waals surface area (Å²) in [7, 11) is 1.00. The number of benzene rings is 1. The normalized spacial score (nSPS) is 12.8. The lowest BCUT2D eigenvalue weighted by molar-refractivity contribution is -0.138. The van der Waals surface area contributed by atoms with Gasteiger partial charge in [-0.2, -0.15) is 13.2 Å². The third-order valence-corrected chi connectivity index (χ3v) is 4.02. The molecule has 0 saturated carbocycles. The number of carbonyl (C=O) groups excluding carboxylic acids is 1. The van der Waals surface area contributed by atoms with Gasteiger partial charge in [-0.25, -0.2) is 9.78 Å². The van der Waals surface area contributed by atoms with Gasteiger partial charge in [0.1, 0.15) is 18.2 Å². The molecule has 1 aromatic carbocycles. The molecule has 1 fully saturated rings. The average Bonchev–Trinajstić information content (AvgIpc) is 3.15. The van der Waals surface area contributed by atoms with Crippen LogP contribution in [0.15, 0.2) is 36.5 Å². The number of anilines is 1. The van der Waals surface area contributed by atoms with Crippen LogP contribution in [0.25, 0.3) is 0 Å². The van der Waals surface area contributed by atoms with Gasteiger partial charge in [-0.05, 0) is 24.3 Å². The molecule has 1 aliphatic rings. The van der Waals surface area contributed by atoms with Gasteiger partial charge >= 0.3 is 12.2 Å². The molecule has 1 saturated heterocycles. The highest BCUT2D eigenvalue weighted by atomic mass is 35.5. The molecule has 1 aliphatic heterocycles. The molecule has 3 rings (SSSR count). The van der Waals surface area contributed by atoms with E-state index in [4.69, 9.17) is 21.4 Å². The number of ether oxygens (including phenoxy) is 1. The summed E-state index contributed by atoms with van der Waals surface area (Å²) in [5.41, 5.74) is -0.974. The fourth-order valence-corrected chi connectivity index (χ4v) is 2.66. The minimum Gasteiger partial charge on any atom is -0.487 e. The molecule has 0 spiro atoms. The maximum Gasteiger partial charge on any atom is 0.416 e. The number of hydrogen-bond donors (Lipinski definition) is 2. The van der Waals surface area contributed by atoms with E-state index in [0.29, 0.717) is 18.9 Å². The van der Waals surface area contributed by atoms with Crippen LogP contribution in [0.3, 0.4) is 0 Å². The highest BCUT2D eigenvalue weighted by Gasteiger charge is 2.34. The number of amides is 2. The fourth-order valence-electron chi connectivity index (χ4n) is 2.43. The Bertz CT molecular complexity index is 827. The Labute approximate surface area is 171 Å². The molecule has 0 aliphatic carbocycles. The highest BCUT2D eigenvalue weighted by molar-refractivity contribution is 6.31. The SMILES string of the molecule is C#C.CO.O=C1NCCN1c1ccc(OCc2c(Cl)cccc2C(F)(F)F)cn1. The molecule has 6 nitrogen and oxygen atoms in total. The number of aromatic nitrogens is 1. The molecular weight excluding hydrogens is 411 g/mol. The van der Waals surface area contributed by atoms with Crippen LogP contribution in [-0.2, 0) is 12.8 Å². The first-order valence-corrected chi connectivity index (χ1v) is 8.51. The van der Waals surface area contributed by atoms with Crippen LogP contribution in [-0.4, -0.2) is 36.3 Å². The summed E-state index contributed by atoms with van der Waals surface area (Å²) in [6.07, 6.45) is 4.83. The van der Waals surface area contributed by atoms with Gasteiger partial charge in [0, 0.05) is 30.8 Å². The van der Waals surface area contributed by atoms with Crippen molar-refractivity contribution < 1.29 is 27.8 Å². The number of terminal acetylenes is 1. The van der Waals surface area contributed by atoms with Crippen molar-refractivity contribution in [3.8, 4) is 18.6 Å². The number of alkyl halides is 3. The van der Waals surface area contributed by atoms with Crippen molar-refractivity contribution >= 4 is 23.4 Å². The Balaban J connectivity index is 0.000000989. The van der Waals surface area contributed by atoms with Crippen molar-refractivity contribution in [3.05, 3.63) is 52.7 Å². The first kappa shape index (κ1) is 24.1. The number of carbonyl (C=O) groups is 1. The number of urea groups is 1. The molecule has 2 amide bonds. The summed E-state index contributed by atoms with van der Waals surface area (Å²) >= 11 is 5.88. The topological polar surface area (TPSA) is 74.7 Å². The lowest BCUT2D eigenvalue weighted by Crippen LogP contribution is -2.28. The fraction of sp³-hybridized carbons (Fsp3) is 0.263. The molecule has 2 aromatic rings. The van der Waals surface area contributed by atoms with Gasteiger partial charge in [0.2, 0.25) is 0 Å². The summed E-state index contributed by atoms with van der Waals surface area (Å²) in [5.74, 6) is 0.715. The van der Waals surface area contributed by atoms with E-state index in [2.05, 4.69) is 23.1 Å². The molecule has 0 bridgehead atoms. The maximum atomic E-state index is 13.0. The quantitative estimate of drug-likeness (QED) is 0.726.